The molecule has 0 heterocycles. The standard InChI is InChI=1S/C18H37N7/c1-4-20-12-23-9-15-7-16(10-24-13-21-5-2)18(19)17(8-15)11-25-14-22-6-3/h7-8,20-25H,4-6,9-14,19H2,1-3H3. The maximum absolute atomic E-state index is 6.40. The predicted octanol–water partition coefficient (Wildman–Crippen LogP) is 0.239. The number of anilines is 1. The molecule has 0 fully saturated rings. The molecule has 144 valence electrons. The average Bonchev–Trinajstić information content (AvgIpc) is 2.62. The number of nitrogen functional groups attached to an aromatic ring is 1. The van der Waals surface area contributed by atoms with Crippen molar-refractivity contribution in [1.29, 1.82) is 0 Å². The second-order valence-corrected chi connectivity index (χ2v) is 5.95. The number of benzene rings is 1. The first kappa shape index (κ1) is 21.8. The largest absolute Gasteiger partial charge is 0.398 e. The first-order valence-electron chi connectivity index (χ1n) is 9.37. The Morgan fingerprint density at radius 2 is 1.04 bits per heavy atom. The van der Waals surface area contributed by atoms with Gasteiger partial charge < -0.3 is 37.6 Å². The minimum absolute atomic E-state index is 0.764. The van der Waals surface area contributed by atoms with E-state index in [4.69, 9.17) is 5.73 Å². The first-order chi connectivity index (χ1) is 12.2. The quantitative estimate of drug-likeness (QED) is 0.138. The van der Waals surface area contributed by atoms with Crippen molar-refractivity contribution in [3.05, 3.63) is 28.8 Å². The lowest BCUT2D eigenvalue weighted by Gasteiger charge is -2.16. The summed E-state index contributed by atoms with van der Waals surface area (Å²) in [5.41, 5.74) is 10.8. The molecule has 0 radical (unpaired) electrons. The summed E-state index contributed by atoms with van der Waals surface area (Å²) < 4.78 is 0. The molecule has 0 aliphatic rings. The van der Waals surface area contributed by atoms with Crippen molar-refractivity contribution in [2.75, 3.05) is 45.4 Å². The minimum atomic E-state index is 0.764. The fourth-order valence-electron chi connectivity index (χ4n) is 2.49. The van der Waals surface area contributed by atoms with Crippen LogP contribution < -0.4 is 37.6 Å². The Morgan fingerprint density at radius 3 is 1.44 bits per heavy atom. The van der Waals surface area contributed by atoms with Crippen molar-refractivity contribution in [2.45, 2.75) is 40.4 Å². The molecule has 7 heteroatoms. The van der Waals surface area contributed by atoms with Gasteiger partial charge in [0.1, 0.15) is 0 Å². The average molecular weight is 352 g/mol. The van der Waals surface area contributed by atoms with E-state index in [-0.39, 0.29) is 0 Å². The number of rotatable bonds is 15. The molecule has 0 saturated heterocycles. The molecule has 0 aromatic heterocycles. The van der Waals surface area contributed by atoms with Gasteiger partial charge in [0.25, 0.3) is 0 Å². The van der Waals surface area contributed by atoms with Crippen molar-refractivity contribution < 1.29 is 0 Å². The van der Waals surface area contributed by atoms with Crippen molar-refractivity contribution >= 4 is 5.69 Å². The Hall–Kier alpha value is -1.22. The van der Waals surface area contributed by atoms with Crippen LogP contribution >= 0.6 is 0 Å². The van der Waals surface area contributed by atoms with Crippen molar-refractivity contribution in [1.82, 2.24) is 31.9 Å². The summed E-state index contributed by atoms with van der Waals surface area (Å²) in [7, 11) is 0. The van der Waals surface area contributed by atoms with Gasteiger partial charge in [-0.05, 0) is 36.3 Å². The summed E-state index contributed by atoms with van der Waals surface area (Å²) in [6.07, 6.45) is 0. The summed E-state index contributed by atoms with van der Waals surface area (Å²) in [5, 5.41) is 20.0. The highest BCUT2D eigenvalue weighted by Crippen LogP contribution is 2.20. The van der Waals surface area contributed by atoms with E-state index < -0.39 is 0 Å². The molecule has 0 aliphatic carbocycles. The highest BCUT2D eigenvalue weighted by Gasteiger charge is 2.08. The van der Waals surface area contributed by atoms with E-state index in [0.29, 0.717) is 0 Å². The van der Waals surface area contributed by atoms with Crippen molar-refractivity contribution in [3.8, 4) is 0 Å². The molecule has 0 unspecified atom stereocenters. The third kappa shape index (κ3) is 9.15. The number of nitrogens with one attached hydrogen (secondary N) is 6. The molecule has 25 heavy (non-hydrogen) atoms. The van der Waals surface area contributed by atoms with Crippen LogP contribution in [0, 0.1) is 0 Å². The fraction of sp³-hybridized carbons (Fsp3) is 0.667. The molecule has 0 bridgehead atoms. The maximum atomic E-state index is 6.40. The van der Waals surface area contributed by atoms with E-state index in [0.717, 1.165) is 76.1 Å². The molecule has 0 saturated carbocycles. The van der Waals surface area contributed by atoms with Crippen LogP contribution in [0.1, 0.15) is 37.5 Å². The third-order valence-electron chi connectivity index (χ3n) is 3.87. The Labute approximate surface area is 152 Å². The van der Waals surface area contributed by atoms with Gasteiger partial charge in [-0.15, -0.1) is 0 Å². The number of hydrogen-bond acceptors (Lipinski definition) is 7. The van der Waals surface area contributed by atoms with Crippen LogP contribution in [0.15, 0.2) is 12.1 Å². The predicted molar refractivity (Wildman–Crippen MR) is 107 cm³/mol. The van der Waals surface area contributed by atoms with Crippen LogP contribution in [-0.2, 0) is 19.6 Å². The molecule has 1 aromatic rings. The summed E-state index contributed by atoms with van der Waals surface area (Å²) in [5.74, 6) is 0. The molecule has 0 amide bonds. The van der Waals surface area contributed by atoms with Crippen LogP contribution in [0.4, 0.5) is 5.69 Å². The maximum Gasteiger partial charge on any atom is 0.0456 e. The number of hydrogen-bond donors (Lipinski definition) is 7. The van der Waals surface area contributed by atoms with Crippen LogP contribution in [-0.4, -0.2) is 39.6 Å². The van der Waals surface area contributed by atoms with Gasteiger partial charge in [-0.1, -0.05) is 32.9 Å². The lowest BCUT2D eigenvalue weighted by atomic mass is 10.0. The lowest BCUT2D eigenvalue weighted by molar-refractivity contribution is 0.587. The van der Waals surface area contributed by atoms with E-state index in [1.807, 2.05) is 0 Å². The van der Waals surface area contributed by atoms with Gasteiger partial charge in [-0.3, -0.25) is 0 Å². The van der Waals surface area contributed by atoms with E-state index in [1.54, 1.807) is 0 Å². The Bertz CT molecular complexity index is 432. The summed E-state index contributed by atoms with van der Waals surface area (Å²) in [6.45, 7) is 13.9. The van der Waals surface area contributed by atoms with E-state index >= 15 is 0 Å². The Kier molecular flexibility index (Phi) is 12.2. The molecular weight excluding hydrogens is 314 g/mol. The van der Waals surface area contributed by atoms with Gasteiger partial charge in [0.15, 0.2) is 0 Å². The second-order valence-electron chi connectivity index (χ2n) is 5.95. The molecule has 0 atom stereocenters. The van der Waals surface area contributed by atoms with Crippen LogP contribution in [0.25, 0.3) is 0 Å². The Morgan fingerprint density at radius 1 is 0.640 bits per heavy atom. The fourth-order valence-corrected chi connectivity index (χ4v) is 2.49. The zero-order valence-corrected chi connectivity index (χ0v) is 16.1. The molecule has 7 nitrogen and oxygen atoms in total. The van der Waals surface area contributed by atoms with E-state index in [1.165, 1.54) is 5.56 Å². The normalized spacial score (nSPS) is 11.2. The minimum Gasteiger partial charge on any atom is -0.398 e. The monoisotopic (exact) mass is 351 g/mol. The van der Waals surface area contributed by atoms with Crippen molar-refractivity contribution in [2.24, 2.45) is 0 Å². The topological polar surface area (TPSA) is 98.2 Å². The van der Waals surface area contributed by atoms with E-state index in [2.05, 4.69) is 64.8 Å². The lowest BCUT2D eigenvalue weighted by Crippen LogP contribution is -2.30. The van der Waals surface area contributed by atoms with Crippen molar-refractivity contribution in [3.63, 3.8) is 0 Å². The highest BCUT2D eigenvalue weighted by atomic mass is 15.1. The molecule has 0 aliphatic heterocycles. The summed E-state index contributed by atoms with van der Waals surface area (Å²) >= 11 is 0. The summed E-state index contributed by atoms with van der Waals surface area (Å²) in [6, 6.07) is 4.39. The van der Waals surface area contributed by atoms with Crippen LogP contribution in [0.3, 0.4) is 0 Å². The molecule has 0 spiro atoms. The molecule has 1 rings (SSSR count). The third-order valence-corrected chi connectivity index (χ3v) is 3.87. The van der Waals surface area contributed by atoms with Crippen LogP contribution in [0.5, 0.6) is 0 Å². The van der Waals surface area contributed by atoms with Crippen LogP contribution in [0.2, 0.25) is 0 Å². The smallest absolute Gasteiger partial charge is 0.0456 e. The molecular formula is C18H37N7. The Balaban J connectivity index is 2.72. The first-order valence-corrected chi connectivity index (χ1v) is 9.37. The zero-order valence-electron chi connectivity index (χ0n) is 16.1. The molecule has 8 N–H and O–H groups in total. The zero-order chi connectivity index (χ0) is 18.3. The van der Waals surface area contributed by atoms with Gasteiger partial charge in [-0.25, -0.2) is 0 Å². The van der Waals surface area contributed by atoms with E-state index in [9.17, 15) is 0 Å². The summed E-state index contributed by atoms with van der Waals surface area (Å²) in [4.78, 5) is 0. The van der Waals surface area contributed by atoms with Gasteiger partial charge in [-0.2, -0.15) is 0 Å². The van der Waals surface area contributed by atoms with Gasteiger partial charge in [0.05, 0.1) is 0 Å². The molecule has 1 aromatic carbocycles. The highest BCUT2D eigenvalue weighted by molar-refractivity contribution is 5.55. The van der Waals surface area contributed by atoms with Gasteiger partial charge in [0, 0.05) is 45.3 Å². The number of nitrogens with two attached hydrogens (primary N) is 1. The van der Waals surface area contributed by atoms with Gasteiger partial charge in [0.2, 0.25) is 0 Å². The van der Waals surface area contributed by atoms with Gasteiger partial charge >= 0.3 is 0 Å². The second kappa shape index (κ2) is 14.0. The SMILES string of the molecule is CCNCNCc1cc(CNCNCC)c(N)c(CNCNCC)c1.